The molecule has 0 amide bonds. The summed E-state index contributed by atoms with van der Waals surface area (Å²) in [5, 5.41) is 9.15. The number of aromatic nitrogens is 2. The van der Waals surface area contributed by atoms with Gasteiger partial charge < -0.3 is 5.11 Å². The highest BCUT2D eigenvalue weighted by Crippen LogP contribution is 2.36. The first-order valence-electron chi connectivity index (χ1n) is 5.47. The summed E-state index contributed by atoms with van der Waals surface area (Å²) in [6.07, 6.45) is 5.20. The van der Waals surface area contributed by atoms with Gasteiger partial charge in [0, 0.05) is 5.92 Å². The molecule has 3 rings (SSSR count). The Balaban J connectivity index is 2.25. The average molecular weight is 216 g/mol. The number of aromatic carboxylic acids is 1. The number of hydrogen-bond acceptors (Lipinski definition) is 2. The summed E-state index contributed by atoms with van der Waals surface area (Å²) in [5.74, 6) is 0.437. The summed E-state index contributed by atoms with van der Waals surface area (Å²) in [6.45, 7) is 0. The maximum Gasteiger partial charge on any atom is 0.352 e. The number of carboxylic acid groups (broad SMARTS) is 1. The molecule has 1 saturated carbocycles. The molecule has 1 aliphatic carbocycles. The highest BCUT2D eigenvalue weighted by atomic mass is 16.4. The predicted octanol–water partition coefficient (Wildman–Crippen LogP) is 2.30. The Morgan fingerprint density at radius 1 is 1.44 bits per heavy atom. The lowest BCUT2D eigenvalue weighted by Crippen LogP contribution is -2.15. The number of pyridine rings is 1. The lowest BCUT2D eigenvalue weighted by molar-refractivity contribution is 0.0688. The van der Waals surface area contributed by atoms with Crippen LogP contribution in [0.25, 0.3) is 5.52 Å². The molecule has 0 aliphatic heterocycles. The van der Waals surface area contributed by atoms with E-state index in [9.17, 15) is 4.79 Å². The van der Waals surface area contributed by atoms with Gasteiger partial charge in [-0.05, 0) is 25.0 Å². The molecule has 0 aromatic carbocycles. The van der Waals surface area contributed by atoms with E-state index in [-0.39, 0.29) is 0 Å². The number of carbonyl (C=O) groups is 1. The molecule has 0 saturated heterocycles. The van der Waals surface area contributed by atoms with E-state index in [0.29, 0.717) is 11.6 Å². The zero-order valence-electron chi connectivity index (χ0n) is 8.76. The molecular weight excluding hydrogens is 204 g/mol. The van der Waals surface area contributed by atoms with Gasteiger partial charge >= 0.3 is 5.97 Å². The molecule has 4 nitrogen and oxygen atoms in total. The maximum atomic E-state index is 11.1. The van der Waals surface area contributed by atoms with Crippen LogP contribution in [0.3, 0.4) is 0 Å². The number of rotatable bonds is 2. The normalized spacial score (nSPS) is 16.2. The van der Waals surface area contributed by atoms with Crippen LogP contribution < -0.4 is 0 Å². The third kappa shape index (κ3) is 1.23. The first-order chi connectivity index (χ1) is 7.77. The summed E-state index contributed by atoms with van der Waals surface area (Å²) in [5.41, 5.74) is 1.17. The topological polar surface area (TPSA) is 54.6 Å². The van der Waals surface area contributed by atoms with Crippen LogP contribution in [0.4, 0.5) is 0 Å². The van der Waals surface area contributed by atoms with E-state index < -0.39 is 5.97 Å². The van der Waals surface area contributed by atoms with Gasteiger partial charge in [0.25, 0.3) is 0 Å². The van der Waals surface area contributed by atoms with Gasteiger partial charge in [0.2, 0.25) is 0 Å². The van der Waals surface area contributed by atoms with E-state index in [2.05, 4.69) is 4.98 Å². The number of carboxylic acids is 1. The molecule has 0 spiro atoms. The van der Waals surface area contributed by atoms with Crippen molar-refractivity contribution in [2.45, 2.75) is 25.2 Å². The highest BCUT2D eigenvalue weighted by molar-refractivity contribution is 5.86. The minimum atomic E-state index is -0.899. The molecule has 16 heavy (non-hydrogen) atoms. The molecule has 2 aromatic rings. The summed E-state index contributed by atoms with van der Waals surface area (Å²) >= 11 is 0. The second-order valence-corrected chi connectivity index (χ2v) is 4.22. The molecule has 4 heteroatoms. The van der Waals surface area contributed by atoms with E-state index in [1.807, 2.05) is 6.07 Å². The molecule has 2 heterocycles. The second kappa shape index (κ2) is 3.33. The van der Waals surface area contributed by atoms with E-state index in [4.69, 9.17) is 5.11 Å². The molecule has 0 radical (unpaired) electrons. The Hall–Kier alpha value is -1.84. The van der Waals surface area contributed by atoms with Gasteiger partial charge in [-0.1, -0.05) is 12.5 Å². The van der Waals surface area contributed by atoms with Gasteiger partial charge in [-0.25, -0.2) is 9.78 Å². The van der Waals surface area contributed by atoms with Crippen molar-refractivity contribution in [1.82, 2.24) is 9.38 Å². The fraction of sp³-hybridized carbons (Fsp3) is 0.333. The minimum Gasteiger partial charge on any atom is -0.477 e. The first-order valence-corrected chi connectivity index (χ1v) is 5.47. The van der Waals surface area contributed by atoms with E-state index in [1.54, 1.807) is 22.7 Å². The zero-order chi connectivity index (χ0) is 11.1. The summed E-state index contributed by atoms with van der Waals surface area (Å²) in [6, 6.07) is 5.27. The minimum absolute atomic E-state index is 0.303. The Labute approximate surface area is 92.5 Å². The van der Waals surface area contributed by atoms with Crippen molar-refractivity contribution in [3.63, 3.8) is 0 Å². The Kier molecular flexibility index (Phi) is 1.96. The summed E-state index contributed by atoms with van der Waals surface area (Å²) in [7, 11) is 0. The van der Waals surface area contributed by atoms with Crippen molar-refractivity contribution in [2.24, 2.45) is 0 Å². The average Bonchev–Trinajstić information content (AvgIpc) is 2.59. The second-order valence-electron chi connectivity index (χ2n) is 4.22. The first kappa shape index (κ1) is 9.39. The highest BCUT2D eigenvalue weighted by Gasteiger charge is 2.25. The van der Waals surface area contributed by atoms with E-state index in [0.717, 1.165) is 24.2 Å². The molecule has 1 N–H and O–H groups in total. The number of hydrogen-bond donors (Lipinski definition) is 1. The fourth-order valence-corrected chi connectivity index (χ4v) is 2.19. The smallest absolute Gasteiger partial charge is 0.352 e. The van der Waals surface area contributed by atoms with Crippen LogP contribution in [0.1, 0.15) is 41.5 Å². The van der Waals surface area contributed by atoms with Crippen molar-refractivity contribution in [3.05, 3.63) is 35.9 Å². The summed E-state index contributed by atoms with van der Waals surface area (Å²) in [4.78, 5) is 15.5. The van der Waals surface area contributed by atoms with Crippen molar-refractivity contribution in [2.75, 3.05) is 0 Å². The number of nitrogens with zero attached hydrogens (tertiary/aromatic N) is 2. The lowest BCUT2D eigenvalue weighted by atomic mass is 9.85. The molecule has 1 aliphatic rings. The van der Waals surface area contributed by atoms with Crippen LogP contribution in [-0.4, -0.2) is 20.5 Å². The fourth-order valence-electron chi connectivity index (χ4n) is 2.19. The molecule has 1 fully saturated rings. The molecular formula is C12H12N2O2. The number of imidazole rings is 1. The van der Waals surface area contributed by atoms with Crippen LogP contribution in [0.2, 0.25) is 0 Å². The van der Waals surface area contributed by atoms with Crippen LogP contribution in [-0.2, 0) is 0 Å². The molecule has 0 unspecified atom stereocenters. The zero-order valence-corrected chi connectivity index (χ0v) is 8.76. The molecule has 0 atom stereocenters. The van der Waals surface area contributed by atoms with Crippen molar-refractivity contribution in [3.8, 4) is 0 Å². The van der Waals surface area contributed by atoms with Crippen LogP contribution in [0.15, 0.2) is 24.4 Å². The largest absolute Gasteiger partial charge is 0.477 e. The summed E-state index contributed by atoms with van der Waals surface area (Å²) < 4.78 is 1.77. The quantitative estimate of drug-likeness (QED) is 0.838. The lowest BCUT2D eigenvalue weighted by Gasteiger charge is -2.24. The Bertz CT molecular complexity index is 555. The maximum absolute atomic E-state index is 11.1. The van der Waals surface area contributed by atoms with Gasteiger partial charge in [-0.3, -0.25) is 4.40 Å². The predicted molar refractivity (Wildman–Crippen MR) is 58.7 cm³/mol. The third-order valence-electron chi connectivity index (χ3n) is 3.27. The van der Waals surface area contributed by atoms with Gasteiger partial charge in [0.05, 0.1) is 11.7 Å². The van der Waals surface area contributed by atoms with Crippen molar-refractivity contribution in [1.29, 1.82) is 0 Å². The van der Waals surface area contributed by atoms with Crippen LogP contribution in [0.5, 0.6) is 0 Å². The van der Waals surface area contributed by atoms with Gasteiger partial charge in [-0.2, -0.15) is 0 Å². The molecule has 2 aromatic heterocycles. The van der Waals surface area contributed by atoms with Gasteiger partial charge in [0.1, 0.15) is 11.5 Å². The molecule has 82 valence electrons. The molecule has 0 bridgehead atoms. The third-order valence-corrected chi connectivity index (χ3v) is 3.27. The van der Waals surface area contributed by atoms with Gasteiger partial charge in [0.15, 0.2) is 0 Å². The van der Waals surface area contributed by atoms with E-state index in [1.165, 1.54) is 6.42 Å². The Morgan fingerprint density at radius 2 is 2.25 bits per heavy atom. The standard InChI is InChI=1S/C12H12N2O2/c15-12(16)10-6-2-5-9-7-13-11(14(9)10)8-3-1-4-8/h2,5-8H,1,3-4H2,(H,15,16). The van der Waals surface area contributed by atoms with Crippen molar-refractivity contribution >= 4 is 11.5 Å². The van der Waals surface area contributed by atoms with Crippen molar-refractivity contribution < 1.29 is 9.90 Å². The monoisotopic (exact) mass is 216 g/mol. The number of fused-ring (bicyclic) bond motifs is 1. The van der Waals surface area contributed by atoms with Crippen LogP contribution >= 0.6 is 0 Å². The SMILES string of the molecule is O=C(O)c1cccc2cnc(C3CCC3)n12. The Morgan fingerprint density at radius 3 is 2.88 bits per heavy atom. The van der Waals surface area contributed by atoms with Crippen LogP contribution in [0, 0.1) is 0 Å². The van der Waals surface area contributed by atoms with Gasteiger partial charge in [-0.15, -0.1) is 0 Å². The van der Waals surface area contributed by atoms with E-state index >= 15 is 0 Å².